The van der Waals surface area contributed by atoms with E-state index in [-0.39, 0.29) is 17.4 Å². The van der Waals surface area contributed by atoms with Crippen molar-refractivity contribution in [2.24, 2.45) is 0 Å². The lowest BCUT2D eigenvalue weighted by Gasteiger charge is -2.36. The van der Waals surface area contributed by atoms with E-state index >= 15 is 0 Å². The van der Waals surface area contributed by atoms with Crippen LogP contribution in [-0.4, -0.2) is 42.5 Å². The number of rotatable bonds is 3. The summed E-state index contributed by atoms with van der Waals surface area (Å²) < 4.78 is 42.9. The highest BCUT2D eigenvalue weighted by Crippen LogP contribution is 2.34. The highest BCUT2D eigenvalue weighted by atomic mass is 35.5. The van der Waals surface area contributed by atoms with Gasteiger partial charge in [0.15, 0.2) is 0 Å². The van der Waals surface area contributed by atoms with E-state index in [4.69, 9.17) is 16.3 Å². The molecule has 0 saturated carbocycles. The van der Waals surface area contributed by atoms with Crippen LogP contribution in [0.5, 0.6) is 0 Å². The number of ether oxygens (including phenoxy) is 1. The van der Waals surface area contributed by atoms with E-state index in [1.165, 1.54) is 0 Å². The fourth-order valence-corrected chi connectivity index (χ4v) is 2.60. The van der Waals surface area contributed by atoms with Crippen molar-refractivity contribution >= 4 is 17.4 Å². The highest BCUT2D eigenvalue weighted by molar-refractivity contribution is 6.33. The van der Waals surface area contributed by atoms with Gasteiger partial charge in [-0.3, -0.25) is 0 Å². The number of likely N-dealkylation sites (N-methyl/N-ethyl adjacent to an activating group) is 1. The molecule has 0 spiro atoms. The summed E-state index contributed by atoms with van der Waals surface area (Å²) in [5, 5.41) is 10.3. The van der Waals surface area contributed by atoms with E-state index in [1.807, 2.05) is 0 Å². The molecule has 118 valence electrons. The van der Waals surface area contributed by atoms with Crippen LogP contribution < -0.4 is 4.90 Å². The molecule has 8 heteroatoms. The molecule has 1 N–H and O–H groups in total. The molecular weight excluding hydrogens is 309 g/mol. The molecule has 2 heterocycles. The summed E-state index contributed by atoms with van der Waals surface area (Å²) in [4.78, 5) is 5.34. The normalized spacial score (nSPS) is 18.6. The van der Waals surface area contributed by atoms with Crippen LogP contribution in [0.1, 0.15) is 18.4 Å². The predicted molar refractivity (Wildman–Crippen MR) is 72.5 cm³/mol. The molecule has 21 heavy (non-hydrogen) atoms. The van der Waals surface area contributed by atoms with Crippen molar-refractivity contribution in [2.45, 2.75) is 24.6 Å². The van der Waals surface area contributed by atoms with E-state index in [0.717, 1.165) is 12.3 Å². The topological polar surface area (TPSA) is 45.6 Å². The minimum Gasteiger partial charge on any atom is -0.388 e. The molecule has 1 aliphatic rings. The van der Waals surface area contributed by atoms with Crippen molar-refractivity contribution in [1.82, 2.24) is 4.98 Å². The van der Waals surface area contributed by atoms with E-state index < -0.39 is 17.3 Å². The van der Waals surface area contributed by atoms with Gasteiger partial charge in [-0.1, -0.05) is 11.6 Å². The summed E-state index contributed by atoms with van der Waals surface area (Å²) in [5.41, 5.74) is -1.84. The molecule has 0 radical (unpaired) electrons. The average Bonchev–Trinajstić information content (AvgIpc) is 2.37. The minimum atomic E-state index is -4.48. The first kappa shape index (κ1) is 16.3. The predicted octanol–water partition coefficient (Wildman–Crippen LogP) is 2.73. The molecule has 0 atom stereocenters. The van der Waals surface area contributed by atoms with Crippen LogP contribution in [0.3, 0.4) is 0 Å². The molecule has 0 amide bonds. The zero-order valence-electron chi connectivity index (χ0n) is 11.5. The molecule has 4 nitrogen and oxygen atoms in total. The smallest absolute Gasteiger partial charge is 0.388 e. The van der Waals surface area contributed by atoms with Crippen molar-refractivity contribution in [2.75, 3.05) is 31.7 Å². The highest BCUT2D eigenvalue weighted by Gasteiger charge is 2.34. The molecule has 0 aliphatic carbocycles. The number of alkyl halides is 3. The maximum absolute atomic E-state index is 12.6. The molecule has 0 unspecified atom stereocenters. The van der Waals surface area contributed by atoms with Gasteiger partial charge in [0.25, 0.3) is 0 Å². The van der Waals surface area contributed by atoms with Crippen LogP contribution >= 0.6 is 11.6 Å². The van der Waals surface area contributed by atoms with E-state index in [1.54, 1.807) is 11.9 Å². The quantitative estimate of drug-likeness (QED) is 0.928. The maximum Gasteiger partial charge on any atom is 0.417 e. The van der Waals surface area contributed by atoms with Gasteiger partial charge in [0.05, 0.1) is 16.2 Å². The third kappa shape index (κ3) is 3.99. The lowest BCUT2D eigenvalue weighted by Crippen LogP contribution is -2.46. The molecular formula is C13H16ClF3N2O2. The second-order valence-corrected chi connectivity index (χ2v) is 5.63. The molecule has 0 aromatic carbocycles. The van der Waals surface area contributed by atoms with Crippen molar-refractivity contribution < 1.29 is 23.0 Å². The Morgan fingerprint density at radius 2 is 2.05 bits per heavy atom. The SMILES string of the molecule is CN(CC1(O)CCOCC1)c1ncc(C(F)(F)F)cc1Cl. The number of hydrogen-bond donors (Lipinski definition) is 1. The Labute approximate surface area is 125 Å². The third-order valence-corrected chi connectivity index (χ3v) is 3.74. The van der Waals surface area contributed by atoms with Crippen molar-refractivity contribution in [3.8, 4) is 0 Å². The van der Waals surface area contributed by atoms with Gasteiger partial charge < -0.3 is 14.7 Å². The third-order valence-electron chi connectivity index (χ3n) is 3.47. The summed E-state index contributed by atoms with van der Waals surface area (Å²) in [6.45, 7) is 1.14. The van der Waals surface area contributed by atoms with Gasteiger partial charge in [0, 0.05) is 45.8 Å². The lowest BCUT2D eigenvalue weighted by molar-refractivity contribution is -0.137. The summed E-state index contributed by atoms with van der Waals surface area (Å²) >= 11 is 5.88. The Bertz CT molecular complexity index is 505. The Balaban J connectivity index is 2.14. The second-order valence-electron chi connectivity index (χ2n) is 5.22. The van der Waals surface area contributed by atoms with Crippen LogP contribution in [0.4, 0.5) is 19.0 Å². The Kier molecular flexibility index (Phi) is 4.65. The zero-order chi connectivity index (χ0) is 15.7. The molecule has 1 aromatic heterocycles. The van der Waals surface area contributed by atoms with Crippen molar-refractivity contribution in [3.05, 3.63) is 22.8 Å². The zero-order valence-corrected chi connectivity index (χ0v) is 12.2. The van der Waals surface area contributed by atoms with Gasteiger partial charge in [-0.15, -0.1) is 0 Å². The Hall–Kier alpha value is -1.05. The van der Waals surface area contributed by atoms with Crippen molar-refractivity contribution in [3.63, 3.8) is 0 Å². The standard InChI is InChI=1S/C13H16ClF3N2O2/c1-19(8-12(20)2-4-21-5-3-12)11-10(14)6-9(7-18-11)13(15,16)17/h6-7,20H,2-5,8H2,1H3. The molecule has 1 saturated heterocycles. The number of aliphatic hydroxyl groups is 1. The fourth-order valence-electron chi connectivity index (χ4n) is 2.29. The second kappa shape index (κ2) is 5.98. The first-order valence-corrected chi connectivity index (χ1v) is 6.83. The van der Waals surface area contributed by atoms with E-state index in [0.29, 0.717) is 26.1 Å². The van der Waals surface area contributed by atoms with Crippen LogP contribution in [0.15, 0.2) is 12.3 Å². The van der Waals surface area contributed by atoms with Crippen LogP contribution in [0, 0.1) is 0 Å². The van der Waals surface area contributed by atoms with Gasteiger partial charge >= 0.3 is 6.18 Å². The van der Waals surface area contributed by atoms with Crippen molar-refractivity contribution in [1.29, 1.82) is 0 Å². The first-order chi connectivity index (χ1) is 9.71. The van der Waals surface area contributed by atoms with E-state index in [2.05, 4.69) is 4.98 Å². The van der Waals surface area contributed by atoms with E-state index in [9.17, 15) is 18.3 Å². The Morgan fingerprint density at radius 1 is 1.43 bits per heavy atom. The summed E-state index contributed by atoms with van der Waals surface area (Å²) in [6, 6.07) is 0.842. The number of halogens is 4. The first-order valence-electron chi connectivity index (χ1n) is 6.45. The van der Waals surface area contributed by atoms with Crippen LogP contribution in [0.2, 0.25) is 5.02 Å². The summed E-state index contributed by atoms with van der Waals surface area (Å²) in [7, 11) is 1.63. The maximum atomic E-state index is 12.6. The monoisotopic (exact) mass is 324 g/mol. The lowest BCUT2D eigenvalue weighted by atomic mass is 9.94. The molecule has 1 aliphatic heterocycles. The van der Waals surface area contributed by atoms with Gasteiger partial charge in [-0.25, -0.2) is 4.98 Å². The van der Waals surface area contributed by atoms with Gasteiger partial charge in [0.2, 0.25) is 0 Å². The van der Waals surface area contributed by atoms with Gasteiger partial charge in [-0.05, 0) is 6.07 Å². The van der Waals surface area contributed by atoms with Gasteiger partial charge in [-0.2, -0.15) is 13.2 Å². The van der Waals surface area contributed by atoms with Gasteiger partial charge in [0.1, 0.15) is 5.82 Å². The Morgan fingerprint density at radius 3 is 2.57 bits per heavy atom. The number of hydrogen-bond acceptors (Lipinski definition) is 4. The average molecular weight is 325 g/mol. The fraction of sp³-hybridized carbons (Fsp3) is 0.615. The largest absolute Gasteiger partial charge is 0.417 e. The van der Waals surface area contributed by atoms with Crippen LogP contribution in [-0.2, 0) is 10.9 Å². The molecule has 1 aromatic rings. The number of pyridine rings is 1. The minimum absolute atomic E-state index is 0.0945. The summed E-state index contributed by atoms with van der Waals surface area (Å²) in [6.07, 6.45) is -2.80. The number of aromatic nitrogens is 1. The number of anilines is 1. The molecule has 2 rings (SSSR count). The molecule has 1 fully saturated rings. The molecule has 0 bridgehead atoms. The van der Waals surface area contributed by atoms with Crippen LogP contribution in [0.25, 0.3) is 0 Å². The number of nitrogens with zero attached hydrogens (tertiary/aromatic N) is 2. The summed E-state index contributed by atoms with van der Waals surface area (Å²) in [5.74, 6) is 0.213.